The van der Waals surface area contributed by atoms with Crippen LogP contribution in [0.4, 0.5) is 4.79 Å². The summed E-state index contributed by atoms with van der Waals surface area (Å²) in [6.07, 6.45) is 0. The molecule has 1 unspecified atom stereocenters. The summed E-state index contributed by atoms with van der Waals surface area (Å²) in [5.41, 5.74) is 5.75. The van der Waals surface area contributed by atoms with Crippen molar-refractivity contribution in [3.8, 4) is 0 Å². The molecule has 1 atom stereocenters. The van der Waals surface area contributed by atoms with Crippen LogP contribution >= 0.6 is 23.4 Å². The van der Waals surface area contributed by atoms with Crippen LogP contribution in [0.15, 0.2) is 29.2 Å². The second kappa shape index (κ2) is 8.77. The van der Waals surface area contributed by atoms with Gasteiger partial charge in [-0.3, -0.25) is 0 Å². The molecule has 0 bridgehead atoms. The summed E-state index contributed by atoms with van der Waals surface area (Å²) in [7, 11) is 4.02. The van der Waals surface area contributed by atoms with Gasteiger partial charge in [0.05, 0.1) is 12.6 Å². The molecule has 0 aliphatic heterocycles. The predicted molar refractivity (Wildman–Crippen MR) is 95.4 cm³/mol. The summed E-state index contributed by atoms with van der Waals surface area (Å²) in [5.74, 6) is 0.843. The fraction of sp³-hybridized carbons (Fsp3) is 0.562. The number of amides is 2. The van der Waals surface area contributed by atoms with Gasteiger partial charge in [-0.25, -0.2) is 9.28 Å². The highest BCUT2D eigenvalue weighted by Gasteiger charge is 2.37. The molecule has 0 radical (unpaired) electrons. The quantitative estimate of drug-likeness (QED) is 0.581. The molecule has 0 aliphatic carbocycles. The zero-order valence-corrected chi connectivity index (χ0v) is 15.5. The lowest BCUT2D eigenvalue weighted by atomic mass is 10.2. The van der Waals surface area contributed by atoms with Crippen molar-refractivity contribution < 1.29 is 9.28 Å². The Morgan fingerprint density at radius 3 is 2.32 bits per heavy atom. The smallest absolute Gasteiger partial charge is 0.319 e. The minimum atomic E-state index is -0.242. The molecule has 0 saturated carbocycles. The van der Waals surface area contributed by atoms with Gasteiger partial charge in [0.2, 0.25) is 0 Å². The lowest BCUT2D eigenvalue weighted by Gasteiger charge is -2.38. The number of urea groups is 1. The molecule has 1 rings (SSSR count). The van der Waals surface area contributed by atoms with Crippen molar-refractivity contribution in [3.05, 3.63) is 29.3 Å². The topological polar surface area (TPSA) is 46.3 Å². The van der Waals surface area contributed by atoms with Gasteiger partial charge < -0.3 is 10.6 Å². The molecule has 0 aromatic heterocycles. The van der Waals surface area contributed by atoms with Crippen molar-refractivity contribution in [1.82, 2.24) is 4.90 Å². The van der Waals surface area contributed by atoms with Crippen LogP contribution in [0.5, 0.6) is 0 Å². The molecule has 0 spiro atoms. The average Bonchev–Trinajstić information content (AvgIpc) is 2.43. The van der Waals surface area contributed by atoms with E-state index in [1.54, 1.807) is 11.8 Å². The van der Waals surface area contributed by atoms with Gasteiger partial charge in [0.25, 0.3) is 0 Å². The Bertz CT molecular complexity index is 479. The largest absolute Gasteiger partial charge is 0.414 e. The maximum atomic E-state index is 12.1. The van der Waals surface area contributed by atoms with Crippen LogP contribution in [0, 0.1) is 0 Å². The van der Waals surface area contributed by atoms with E-state index >= 15 is 0 Å². The number of carbonyl (C=O) groups excluding carboxylic acids is 1. The Morgan fingerprint density at radius 1 is 1.27 bits per heavy atom. The summed E-state index contributed by atoms with van der Waals surface area (Å²) in [6, 6.07) is 7.70. The number of halogens is 1. The highest BCUT2D eigenvalue weighted by atomic mass is 35.5. The number of quaternary nitrogens is 1. The van der Waals surface area contributed by atoms with Gasteiger partial charge in [-0.05, 0) is 52.2 Å². The van der Waals surface area contributed by atoms with Crippen molar-refractivity contribution in [2.45, 2.75) is 24.8 Å². The van der Waals surface area contributed by atoms with Gasteiger partial charge in [-0.1, -0.05) is 11.6 Å². The maximum Gasteiger partial charge on any atom is 0.414 e. The normalized spacial score (nSPS) is 14.3. The molecule has 6 heteroatoms. The molecule has 124 valence electrons. The molecule has 1 aromatic rings. The summed E-state index contributed by atoms with van der Waals surface area (Å²) in [6.45, 7) is 6.43. The maximum absolute atomic E-state index is 12.1. The molecule has 4 nitrogen and oxygen atoms in total. The zero-order chi connectivity index (χ0) is 16.8. The Morgan fingerprint density at radius 2 is 1.86 bits per heavy atom. The van der Waals surface area contributed by atoms with Crippen molar-refractivity contribution in [1.29, 1.82) is 0 Å². The third-order valence-corrected chi connectivity index (χ3v) is 5.19. The third-order valence-electron chi connectivity index (χ3n) is 3.95. The van der Waals surface area contributed by atoms with Crippen LogP contribution in [0.2, 0.25) is 5.02 Å². The van der Waals surface area contributed by atoms with Crippen LogP contribution in [-0.2, 0) is 0 Å². The standard InChI is InChI=1S/C16H26ClN3OS/c1-13(2)20(16(18)21,10-9-19(3)4)11-12-22-15-7-5-14(17)6-8-15/h5-8,13H,9-12H2,1-4H3,(H-,18,21)/p+1. The molecule has 22 heavy (non-hydrogen) atoms. The lowest BCUT2D eigenvalue weighted by Crippen LogP contribution is -2.62. The van der Waals surface area contributed by atoms with Crippen LogP contribution in [0.25, 0.3) is 0 Å². The number of rotatable bonds is 8. The first-order chi connectivity index (χ1) is 10.3. The van der Waals surface area contributed by atoms with E-state index in [-0.39, 0.29) is 12.1 Å². The van der Waals surface area contributed by atoms with Gasteiger partial charge in [0.1, 0.15) is 6.54 Å². The van der Waals surface area contributed by atoms with Gasteiger partial charge in [-0.15, -0.1) is 11.8 Å². The van der Waals surface area contributed by atoms with Crippen molar-refractivity contribution in [2.75, 3.05) is 39.5 Å². The second-order valence-electron chi connectivity index (χ2n) is 6.02. The second-order valence-corrected chi connectivity index (χ2v) is 7.62. The summed E-state index contributed by atoms with van der Waals surface area (Å²) in [4.78, 5) is 15.4. The minimum Gasteiger partial charge on any atom is -0.319 e. The van der Waals surface area contributed by atoms with Gasteiger partial charge >= 0.3 is 6.03 Å². The number of carbonyl (C=O) groups is 1. The highest BCUT2D eigenvalue weighted by Crippen LogP contribution is 2.23. The van der Waals surface area contributed by atoms with E-state index in [0.29, 0.717) is 4.48 Å². The first-order valence-corrected chi connectivity index (χ1v) is 8.84. The van der Waals surface area contributed by atoms with Gasteiger partial charge in [-0.2, -0.15) is 0 Å². The van der Waals surface area contributed by atoms with Crippen molar-refractivity contribution >= 4 is 29.4 Å². The summed E-state index contributed by atoms with van der Waals surface area (Å²) in [5, 5.41) is 0.736. The number of primary amides is 1. The van der Waals surface area contributed by atoms with Gasteiger partial charge in [0.15, 0.2) is 0 Å². The number of benzene rings is 1. The van der Waals surface area contributed by atoms with E-state index in [1.165, 1.54) is 0 Å². The number of hydrogen-bond acceptors (Lipinski definition) is 3. The molecule has 0 heterocycles. The van der Waals surface area contributed by atoms with Crippen molar-refractivity contribution in [2.24, 2.45) is 5.73 Å². The lowest BCUT2D eigenvalue weighted by molar-refractivity contribution is -0.868. The first kappa shape index (κ1) is 19.3. The van der Waals surface area contributed by atoms with Crippen LogP contribution in [0.1, 0.15) is 13.8 Å². The van der Waals surface area contributed by atoms with Crippen molar-refractivity contribution in [3.63, 3.8) is 0 Å². The number of nitrogens with zero attached hydrogens (tertiary/aromatic N) is 2. The average molecular weight is 345 g/mol. The van der Waals surface area contributed by atoms with E-state index < -0.39 is 0 Å². The van der Waals surface area contributed by atoms with E-state index in [1.807, 2.05) is 38.4 Å². The van der Waals surface area contributed by atoms with E-state index in [4.69, 9.17) is 17.3 Å². The highest BCUT2D eigenvalue weighted by molar-refractivity contribution is 7.99. The molecule has 0 saturated heterocycles. The van der Waals surface area contributed by atoms with E-state index in [9.17, 15) is 4.79 Å². The molecule has 2 N–H and O–H groups in total. The van der Waals surface area contributed by atoms with Gasteiger partial charge in [0, 0.05) is 22.2 Å². The Kier molecular flexibility index (Phi) is 7.69. The monoisotopic (exact) mass is 344 g/mol. The Hall–Kier alpha value is -0.750. The SMILES string of the molecule is CC(C)[N+](CCSc1ccc(Cl)cc1)(CCN(C)C)C(N)=O. The fourth-order valence-electron chi connectivity index (χ4n) is 2.34. The Labute approximate surface area is 143 Å². The molecular weight excluding hydrogens is 318 g/mol. The molecular formula is C16H27ClN3OS+. The van der Waals surface area contributed by atoms with Crippen LogP contribution in [0.3, 0.4) is 0 Å². The number of thioether (sulfide) groups is 1. The zero-order valence-electron chi connectivity index (χ0n) is 13.9. The van der Waals surface area contributed by atoms with E-state index in [0.717, 1.165) is 35.3 Å². The van der Waals surface area contributed by atoms with Crippen LogP contribution < -0.4 is 5.73 Å². The summed E-state index contributed by atoms with van der Waals surface area (Å²) >= 11 is 7.62. The molecule has 1 aromatic carbocycles. The Balaban J connectivity index is 2.71. The van der Waals surface area contributed by atoms with E-state index in [2.05, 4.69) is 18.7 Å². The fourth-order valence-corrected chi connectivity index (χ4v) is 3.45. The third kappa shape index (κ3) is 5.47. The summed E-state index contributed by atoms with van der Waals surface area (Å²) < 4.78 is 0.318. The minimum absolute atomic E-state index is 0.170. The first-order valence-electron chi connectivity index (χ1n) is 7.48. The molecule has 0 fully saturated rings. The molecule has 2 amide bonds. The molecule has 0 aliphatic rings. The predicted octanol–water partition coefficient (Wildman–Crippen LogP) is 3.30. The number of hydrogen-bond donors (Lipinski definition) is 1. The number of likely N-dealkylation sites (N-methyl/N-ethyl adjacent to an activating group) is 1. The number of nitrogens with two attached hydrogens (primary N) is 1. The van der Waals surface area contributed by atoms with Crippen LogP contribution in [-0.4, -0.2) is 60.9 Å².